The third kappa shape index (κ3) is 3.00. The number of ether oxygens (including phenoxy) is 1. The Hall–Kier alpha value is -1.08. The first-order chi connectivity index (χ1) is 6.65. The van der Waals surface area contributed by atoms with Gasteiger partial charge in [0.15, 0.2) is 6.10 Å². The lowest BCUT2D eigenvalue weighted by Crippen LogP contribution is -2.10. The Kier molecular flexibility index (Phi) is 3.90. The van der Waals surface area contributed by atoms with Gasteiger partial charge in [0.2, 0.25) is 5.88 Å². The summed E-state index contributed by atoms with van der Waals surface area (Å²) in [7, 11) is 0. The Balaban J connectivity index is 2.87. The highest BCUT2D eigenvalue weighted by molar-refractivity contribution is 9.10. The van der Waals surface area contributed by atoms with E-state index in [4.69, 9.17) is 11.2 Å². The van der Waals surface area contributed by atoms with Crippen LogP contribution in [0.4, 0.5) is 0 Å². The minimum atomic E-state index is -0.276. The third-order valence-corrected chi connectivity index (χ3v) is 1.97. The van der Waals surface area contributed by atoms with Gasteiger partial charge in [-0.2, -0.15) is 4.98 Å². The summed E-state index contributed by atoms with van der Waals surface area (Å²) in [6, 6.07) is 1.70. The van der Waals surface area contributed by atoms with Crippen LogP contribution in [0.5, 0.6) is 5.88 Å². The molecule has 0 saturated heterocycles. The van der Waals surface area contributed by atoms with Crippen LogP contribution >= 0.6 is 15.9 Å². The number of nitrogens with zero attached hydrogens (tertiary/aromatic N) is 2. The van der Waals surface area contributed by atoms with Gasteiger partial charge in [-0.3, -0.25) is 0 Å². The fraction of sp³-hybridized carbons (Fsp3) is 0.400. The lowest BCUT2D eigenvalue weighted by Gasteiger charge is -2.08. The van der Waals surface area contributed by atoms with Crippen molar-refractivity contribution in [3.63, 3.8) is 0 Å². The Labute approximate surface area is 92.0 Å². The summed E-state index contributed by atoms with van der Waals surface area (Å²) in [4.78, 5) is 8.34. The molecule has 3 nitrogen and oxygen atoms in total. The molecule has 0 aromatic carbocycles. The second-order valence-corrected chi connectivity index (χ2v) is 3.54. The molecular weight excluding hydrogens is 244 g/mol. The Bertz CT molecular complexity index is 360. The minimum absolute atomic E-state index is 0.276. The minimum Gasteiger partial charge on any atom is -0.461 e. The molecule has 0 bridgehead atoms. The summed E-state index contributed by atoms with van der Waals surface area (Å²) >= 11 is 3.28. The van der Waals surface area contributed by atoms with Crippen molar-refractivity contribution < 1.29 is 4.74 Å². The Morgan fingerprint density at radius 3 is 2.93 bits per heavy atom. The van der Waals surface area contributed by atoms with Gasteiger partial charge in [-0.25, -0.2) is 4.98 Å². The molecule has 0 radical (unpaired) electrons. The topological polar surface area (TPSA) is 35.0 Å². The van der Waals surface area contributed by atoms with E-state index < -0.39 is 0 Å². The van der Waals surface area contributed by atoms with Crippen molar-refractivity contribution in [3.05, 3.63) is 16.5 Å². The van der Waals surface area contributed by atoms with E-state index >= 15 is 0 Å². The normalized spacial score (nSPS) is 11.9. The highest BCUT2D eigenvalue weighted by Crippen LogP contribution is 2.15. The second-order valence-electron chi connectivity index (χ2n) is 2.73. The van der Waals surface area contributed by atoms with Gasteiger partial charge in [-0.15, -0.1) is 6.42 Å². The first kappa shape index (κ1) is 11.0. The van der Waals surface area contributed by atoms with E-state index in [0.717, 1.165) is 12.2 Å². The van der Waals surface area contributed by atoms with E-state index in [2.05, 4.69) is 31.8 Å². The summed E-state index contributed by atoms with van der Waals surface area (Å²) in [5.74, 6) is 3.72. The summed E-state index contributed by atoms with van der Waals surface area (Å²) in [5, 5.41) is 0. The predicted molar refractivity (Wildman–Crippen MR) is 58.0 cm³/mol. The molecule has 14 heavy (non-hydrogen) atoms. The molecule has 1 aromatic rings. The zero-order chi connectivity index (χ0) is 10.6. The van der Waals surface area contributed by atoms with Crippen LogP contribution < -0.4 is 4.74 Å². The van der Waals surface area contributed by atoms with Gasteiger partial charge >= 0.3 is 0 Å². The average molecular weight is 255 g/mol. The summed E-state index contributed by atoms with van der Waals surface area (Å²) in [5.41, 5.74) is 0. The van der Waals surface area contributed by atoms with Gasteiger partial charge in [0.05, 0.1) is 0 Å². The summed E-state index contributed by atoms with van der Waals surface area (Å²) in [6.45, 7) is 3.78. The van der Waals surface area contributed by atoms with Gasteiger partial charge in [0, 0.05) is 12.5 Å². The monoisotopic (exact) mass is 254 g/mol. The molecule has 0 aliphatic rings. The van der Waals surface area contributed by atoms with Crippen molar-refractivity contribution >= 4 is 15.9 Å². The zero-order valence-electron chi connectivity index (χ0n) is 8.12. The lowest BCUT2D eigenvalue weighted by atomic mass is 10.4. The molecule has 1 aromatic heterocycles. The molecule has 1 heterocycles. The highest BCUT2D eigenvalue weighted by Gasteiger charge is 2.05. The van der Waals surface area contributed by atoms with Crippen molar-refractivity contribution in [2.24, 2.45) is 0 Å². The first-order valence-corrected chi connectivity index (χ1v) is 5.11. The SMILES string of the molecule is C#CC(C)Oc1cc(Br)nc(CC)n1. The van der Waals surface area contributed by atoms with Crippen molar-refractivity contribution in [1.82, 2.24) is 9.97 Å². The van der Waals surface area contributed by atoms with E-state index in [1.54, 1.807) is 13.0 Å². The maximum atomic E-state index is 5.37. The molecule has 1 atom stereocenters. The quantitative estimate of drug-likeness (QED) is 0.613. The molecule has 1 unspecified atom stereocenters. The second kappa shape index (κ2) is 4.97. The van der Waals surface area contributed by atoms with Crippen LogP contribution in [-0.2, 0) is 6.42 Å². The van der Waals surface area contributed by atoms with Crippen LogP contribution in [0, 0.1) is 12.3 Å². The molecule has 0 N–H and O–H groups in total. The van der Waals surface area contributed by atoms with E-state index in [1.807, 2.05) is 6.92 Å². The van der Waals surface area contributed by atoms with E-state index in [1.165, 1.54) is 0 Å². The van der Waals surface area contributed by atoms with Crippen LogP contribution in [0.1, 0.15) is 19.7 Å². The number of hydrogen-bond acceptors (Lipinski definition) is 3. The van der Waals surface area contributed by atoms with Gasteiger partial charge < -0.3 is 4.74 Å². The predicted octanol–water partition coefficient (Wildman–Crippen LogP) is 2.20. The number of hydrogen-bond donors (Lipinski definition) is 0. The number of aromatic nitrogens is 2. The van der Waals surface area contributed by atoms with Crippen LogP contribution in [0.15, 0.2) is 10.7 Å². The molecule has 0 spiro atoms. The first-order valence-electron chi connectivity index (χ1n) is 4.32. The van der Waals surface area contributed by atoms with Crippen LogP contribution in [0.3, 0.4) is 0 Å². The average Bonchev–Trinajstić information content (AvgIpc) is 2.16. The van der Waals surface area contributed by atoms with Crippen molar-refractivity contribution in [2.75, 3.05) is 0 Å². The van der Waals surface area contributed by atoms with E-state index in [9.17, 15) is 0 Å². The molecule has 74 valence electrons. The molecule has 0 fully saturated rings. The summed E-state index contributed by atoms with van der Waals surface area (Å²) in [6.07, 6.45) is 5.69. The smallest absolute Gasteiger partial charge is 0.218 e. The van der Waals surface area contributed by atoms with Crippen molar-refractivity contribution in [2.45, 2.75) is 26.4 Å². The molecule has 0 amide bonds. The number of rotatable bonds is 3. The van der Waals surface area contributed by atoms with Gasteiger partial charge in [-0.05, 0) is 22.9 Å². The van der Waals surface area contributed by atoms with Crippen LogP contribution in [0.2, 0.25) is 0 Å². The van der Waals surface area contributed by atoms with Crippen LogP contribution in [0.25, 0.3) is 0 Å². The van der Waals surface area contributed by atoms with Gasteiger partial charge in [-0.1, -0.05) is 12.8 Å². The molecular formula is C10H11BrN2O. The van der Waals surface area contributed by atoms with Crippen molar-refractivity contribution in [3.8, 4) is 18.2 Å². The Morgan fingerprint density at radius 2 is 2.36 bits per heavy atom. The van der Waals surface area contributed by atoms with E-state index in [-0.39, 0.29) is 6.10 Å². The largest absolute Gasteiger partial charge is 0.461 e. The van der Waals surface area contributed by atoms with Gasteiger partial charge in [0.1, 0.15) is 10.4 Å². The van der Waals surface area contributed by atoms with Crippen molar-refractivity contribution in [1.29, 1.82) is 0 Å². The van der Waals surface area contributed by atoms with E-state index in [0.29, 0.717) is 10.5 Å². The highest BCUT2D eigenvalue weighted by atomic mass is 79.9. The maximum absolute atomic E-state index is 5.37. The van der Waals surface area contributed by atoms with Crippen LogP contribution in [-0.4, -0.2) is 16.1 Å². The number of terminal acetylenes is 1. The molecule has 0 aliphatic heterocycles. The molecule has 1 rings (SSSR count). The van der Waals surface area contributed by atoms with Gasteiger partial charge in [0.25, 0.3) is 0 Å². The molecule has 0 saturated carbocycles. The standard InChI is InChI=1S/C10H11BrN2O/c1-4-7(3)14-10-6-8(11)12-9(5-2)13-10/h1,6-7H,5H2,2-3H3. The number of aryl methyl sites for hydroxylation is 1. The molecule has 0 aliphatic carbocycles. The third-order valence-electron chi connectivity index (χ3n) is 1.57. The Morgan fingerprint density at radius 1 is 1.64 bits per heavy atom. The fourth-order valence-electron chi connectivity index (χ4n) is 0.876. The maximum Gasteiger partial charge on any atom is 0.218 e. The summed E-state index contributed by atoms with van der Waals surface area (Å²) < 4.78 is 6.08. The lowest BCUT2D eigenvalue weighted by molar-refractivity contribution is 0.266. The zero-order valence-corrected chi connectivity index (χ0v) is 9.71. The molecule has 4 heteroatoms. The fourth-order valence-corrected chi connectivity index (χ4v) is 1.28. The number of halogens is 1.